The summed E-state index contributed by atoms with van der Waals surface area (Å²) in [6.45, 7) is 1.08. The molecule has 1 aromatic rings. The van der Waals surface area contributed by atoms with E-state index in [0.29, 0.717) is 13.2 Å². The molecular formula is C11H13NO2STl3+. The van der Waals surface area contributed by atoms with Gasteiger partial charge in [0.25, 0.3) is 0 Å². The van der Waals surface area contributed by atoms with E-state index in [2.05, 4.69) is 30.1 Å². The van der Waals surface area contributed by atoms with Gasteiger partial charge in [0, 0.05) is 0 Å². The first kappa shape index (κ1) is 17.7. The number of carbonyl (C=O) groups is 1. The molecule has 1 rings (SSSR count). The van der Waals surface area contributed by atoms with Crippen LogP contribution in [0, 0.1) is 0 Å². The minimum absolute atomic E-state index is 0.307. The zero-order chi connectivity index (χ0) is 13.5. The van der Waals surface area contributed by atoms with Gasteiger partial charge in [-0.25, -0.2) is 0 Å². The number of benzene rings is 1. The summed E-state index contributed by atoms with van der Waals surface area (Å²) < 4.78 is 9.66. The van der Waals surface area contributed by atoms with Crippen molar-refractivity contribution in [2.45, 2.75) is 13.0 Å². The van der Waals surface area contributed by atoms with Crippen LogP contribution < -0.4 is 14.7 Å². The summed E-state index contributed by atoms with van der Waals surface area (Å²) in [7, 11) is 0. The quantitative estimate of drug-likeness (QED) is 0.206. The van der Waals surface area contributed by atoms with Gasteiger partial charge >= 0.3 is 163 Å². The van der Waals surface area contributed by atoms with Crippen molar-refractivity contribution in [3.8, 4) is 0 Å². The van der Waals surface area contributed by atoms with E-state index < -0.39 is 0 Å². The zero-order valence-corrected chi connectivity index (χ0v) is 24.5. The Hall–Kier alpha value is 1.61. The second kappa shape index (κ2) is 9.53. The van der Waals surface area contributed by atoms with Gasteiger partial charge in [0.2, 0.25) is 0 Å². The molecule has 0 aliphatic heterocycles. The molecule has 0 saturated heterocycles. The fourth-order valence-electron chi connectivity index (χ4n) is 1.36. The summed E-state index contributed by atoms with van der Waals surface area (Å²) in [5, 5.41) is 2.74. The topological polar surface area (TPSA) is 38.3 Å². The van der Waals surface area contributed by atoms with Crippen LogP contribution in [0.4, 0.5) is 4.79 Å². The van der Waals surface area contributed by atoms with Crippen molar-refractivity contribution in [3.63, 3.8) is 0 Å². The Morgan fingerprint density at radius 3 is 2.72 bits per heavy atom. The number of alkyl carbamates (subject to hydrolysis) is 1. The molecule has 0 spiro atoms. The Kier molecular flexibility index (Phi) is 9.34. The molecule has 7 heteroatoms. The van der Waals surface area contributed by atoms with E-state index in [-0.39, 0.29) is 6.09 Å². The Labute approximate surface area is 161 Å². The first-order chi connectivity index (χ1) is 8.54. The van der Waals surface area contributed by atoms with Crippen LogP contribution in [0.5, 0.6) is 0 Å². The standard InChI is InChI=1S/C11H12NO2S.3Tl/c13-11(12-7-4-8-15)14-9-10-5-2-1-3-6-10;;;/h1,5,15H,4,7-9H2,(H,12,13);;;/p+1. The minimum atomic E-state index is -0.307. The zero-order valence-electron chi connectivity index (χ0n) is 10.0. The predicted molar refractivity (Wildman–Crippen MR) is 80.4 cm³/mol. The van der Waals surface area contributed by atoms with Crippen LogP contribution in [-0.4, -0.2) is 95.7 Å². The summed E-state index contributed by atoms with van der Waals surface area (Å²) in [5.41, 5.74) is 1.23. The van der Waals surface area contributed by atoms with Gasteiger partial charge in [-0.2, -0.15) is 0 Å². The van der Waals surface area contributed by atoms with E-state index in [1.807, 2.05) is 0 Å². The molecule has 0 aromatic heterocycles. The molecule has 1 aromatic carbocycles. The van der Waals surface area contributed by atoms with Crippen LogP contribution in [-0.2, 0) is 24.0 Å². The molecule has 0 aliphatic rings. The van der Waals surface area contributed by atoms with Gasteiger partial charge in [-0.05, 0) is 0 Å². The maximum absolute atomic E-state index is 11.5. The third kappa shape index (κ3) is 6.37. The molecule has 0 unspecified atom stereocenters. The van der Waals surface area contributed by atoms with Gasteiger partial charge < -0.3 is 0 Å². The average molecular weight is 836 g/mol. The molecule has 0 saturated carbocycles. The van der Waals surface area contributed by atoms with E-state index in [1.54, 1.807) is 0 Å². The van der Waals surface area contributed by atoms with Crippen LogP contribution >= 0.6 is 0 Å². The van der Waals surface area contributed by atoms with E-state index >= 15 is 0 Å². The average Bonchev–Trinajstić information content (AvgIpc) is 2.32. The molecule has 0 bridgehead atoms. The first-order valence-corrected chi connectivity index (χ1v) is 13.0. The molecule has 0 fully saturated rings. The molecule has 0 aliphatic carbocycles. The molecule has 18 heavy (non-hydrogen) atoms. The number of amides is 1. The monoisotopic (exact) mass is 838 g/mol. The van der Waals surface area contributed by atoms with Crippen molar-refractivity contribution in [2.75, 3.05) is 12.3 Å². The fraction of sp³-hybridized carbons (Fsp3) is 0.364. The molecule has 3 nitrogen and oxygen atoms in total. The number of nitrogens with one attached hydrogen (secondary N) is 1. The summed E-state index contributed by atoms with van der Waals surface area (Å²) >= 11 is 5.91. The van der Waals surface area contributed by atoms with Crippen molar-refractivity contribution in [2.24, 2.45) is 0 Å². The van der Waals surface area contributed by atoms with Crippen molar-refractivity contribution in [3.05, 3.63) is 17.7 Å². The Balaban J connectivity index is 2.50. The van der Waals surface area contributed by atoms with Crippen molar-refractivity contribution in [1.29, 1.82) is 0 Å². The van der Waals surface area contributed by atoms with Crippen molar-refractivity contribution in [1.82, 2.24) is 5.32 Å². The van der Waals surface area contributed by atoms with Gasteiger partial charge in [-0.3, -0.25) is 0 Å². The maximum atomic E-state index is 11.5. The molecule has 1 N–H and O–H groups in total. The third-order valence-electron chi connectivity index (χ3n) is 2.30. The van der Waals surface area contributed by atoms with Crippen molar-refractivity contribution < 1.29 is 9.53 Å². The number of hydrogen-bond donors (Lipinski definition) is 1. The Morgan fingerprint density at radius 1 is 1.33 bits per heavy atom. The van der Waals surface area contributed by atoms with Gasteiger partial charge in [0.1, 0.15) is 0 Å². The molecule has 1 amide bonds. The second-order valence-corrected chi connectivity index (χ2v) is 11.5. The van der Waals surface area contributed by atoms with Crippen LogP contribution in [0.15, 0.2) is 12.1 Å². The number of carbonyl (C=O) groups excluding carboxylic acids is 1. The second-order valence-electron chi connectivity index (χ2n) is 3.79. The fourth-order valence-corrected chi connectivity index (χ4v) is 8.36. The van der Waals surface area contributed by atoms with Gasteiger partial charge in [-0.1, -0.05) is 0 Å². The van der Waals surface area contributed by atoms with Crippen LogP contribution in [0.3, 0.4) is 0 Å². The first-order valence-electron chi connectivity index (χ1n) is 5.53. The van der Waals surface area contributed by atoms with E-state index in [0.717, 1.165) is 89.5 Å². The molecule has 0 atom stereocenters. The number of ether oxygens (including phenoxy) is 1. The SMILES string of the molecule is O=C(NCCC[SH2+])OCc1c[c]([Tl])c[c]([Tl])[c]1[Tl]. The summed E-state index contributed by atoms with van der Waals surface area (Å²) in [5.74, 6) is 0.889. The van der Waals surface area contributed by atoms with Crippen LogP contribution in [0.2, 0.25) is 0 Å². The van der Waals surface area contributed by atoms with E-state index in [9.17, 15) is 4.79 Å². The third-order valence-corrected chi connectivity index (χ3v) is 13.6. The van der Waals surface area contributed by atoms with E-state index in [4.69, 9.17) is 4.74 Å². The van der Waals surface area contributed by atoms with Crippen molar-refractivity contribution >= 4 is 105 Å². The van der Waals surface area contributed by atoms with Gasteiger partial charge in [0.15, 0.2) is 0 Å². The predicted octanol–water partition coefficient (Wildman–Crippen LogP) is -2.30. The Bertz CT molecular complexity index is 429. The summed E-state index contributed by atoms with van der Waals surface area (Å²) in [4.78, 5) is 11.5. The van der Waals surface area contributed by atoms with Crippen LogP contribution in [0.25, 0.3) is 0 Å². The summed E-state index contributed by atoms with van der Waals surface area (Å²) in [6, 6.07) is 4.53. The van der Waals surface area contributed by atoms with Gasteiger partial charge in [-0.15, -0.1) is 0 Å². The normalized spacial score (nSPS) is 9.89. The van der Waals surface area contributed by atoms with Gasteiger partial charge in [0.05, 0.1) is 0 Å². The summed E-state index contributed by atoms with van der Waals surface area (Å²) in [6.07, 6.45) is 0.612. The Morgan fingerprint density at radius 2 is 2.06 bits per heavy atom. The molecule has 0 radical (unpaired) electrons. The van der Waals surface area contributed by atoms with E-state index in [1.165, 1.54) is 14.9 Å². The molecular weight excluding hydrogens is 823 g/mol. The van der Waals surface area contributed by atoms with Crippen LogP contribution in [0.1, 0.15) is 12.0 Å². The number of hydrogen-bond acceptors (Lipinski definition) is 2. The molecule has 88 valence electrons. The number of rotatable bonds is 5. The molecule has 0 heterocycles.